The van der Waals surface area contributed by atoms with E-state index < -0.39 is 0 Å². The van der Waals surface area contributed by atoms with Crippen LogP contribution in [-0.4, -0.2) is 0 Å². The molecule has 0 amide bonds. The Kier molecular flexibility index (Phi) is 5.40. The lowest BCUT2D eigenvalue weighted by molar-refractivity contribution is 0.672. The molecule has 0 aliphatic heterocycles. The second kappa shape index (κ2) is 9.59. The molecule has 0 unspecified atom stereocenters. The van der Waals surface area contributed by atoms with Gasteiger partial charge in [-0.15, -0.1) is 11.3 Å². The highest BCUT2D eigenvalue weighted by Crippen LogP contribution is 2.48. The molecular formula is C40H25NOS. The number of anilines is 3. The maximum absolute atomic E-state index is 6.47. The van der Waals surface area contributed by atoms with Gasteiger partial charge in [0.2, 0.25) is 0 Å². The molecular weight excluding hydrogens is 543 g/mol. The predicted octanol–water partition coefficient (Wildman–Crippen LogP) is 12.2. The van der Waals surface area contributed by atoms with Crippen LogP contribution in [0.2, 0.25) is 0 Å². The number of fused-ring (bicyclic) bond motifs is 8. The maximum atomic E-state index is 6.47. The van der Waals surface area contributed by atoms with E-state index in [0.717, 1.165) is 44.1 Å². The van der Waals surface area contributed by atoms with Crippen molar-refractivity contribution >= 4 is 81.3 Å². The van der Waals surface area contributed by atoms with Crippen LogP contribution in [0.15, 0.2) is 156 Å². The van der Waals surface area contributed by atoms with Crippen LogP contribution < -0.4 is 4.90 Å². The van der Waals surface area contributed by atoms with Gasteiger partial charge in [-0.1, -0.05) is 115 Å². The van der Waals surface area contributed by atoms with Crippen molar-refractivity contribution in [1.29, 1.82) is 0 Å². The summed E-state index contributed by atoms with van der Waals surface area (Å²) in [6.07, 6.45) is 0. The molecule has 0 saturated carbocycles. The van der Waals surface area contributed by atoms with Gasteiger partial charge in [-0.3, -0.25) is 0 Å². The molecule has 2 heterocycles. The smallest absolute Gasteiger partial charge is 0.143 e. The molecule has 3 heteroatoms. The Balaban J connectivity index is 1.37. The van der Waals surface area contributed by atoms with Crippen LogP contribution in [0.5, 0.6) is 0 Å². The highest BCUT2D eigenvalue weighted by molar-refractivity contribution is 7.26. The van der Waals surface area contributed by atoms with E-state index >= 15 is 0 Å². The van der Waals surface area contributed by atoms with Crippen LogP contribution >= 0.6 is 11.3 Å². The van der Waals surface area contributed by atoms with Gasteiger partial charge in [0.05, 0.1) is 16.1 Å². The number of hydrogen-bond donors (Lipinski definition) is 0. The third-order valence-electron chi connectivity index (χ3n) is 8.46. The minimum atomic E-state index is 0.908. The van der Waals surface area contributed by atoms with Crippen LogP contribution in [-0.2, 0) is 0 Å². The van der Waals surface area contributed by atoms with E-state index in [0.29, 0.717) is 0 Å². The molecule has 9 rings (SSSR count). The number of hydrogen-bond acceptors (Lipinski definition) is 3. The Labute approximate surface area is 252 Å². The maximum Gasteiger partial charge on any atom is 0.143 e. The molecule has 0 radical (unpaired) electrons. The summed E-state index contributed by atoms with van der Waals surface area (Å²) in [6.45, 7) is 0. The van der Waals surface area contributed by atoms with E-state index in [1.165, 1.54) is 37.0 Å². The Morgan fingerprint density at radius 3 is 1.93 bits per heavy atom. The number of furan rings is 1. The highest BCUT2D eigenvalue weighted by Gasteiger charge is 2.22. The summed E-state index contributed by atoms with van der Waals surface area (Å²) in [7, 11) is 0. The first-order chi connectivity index (χ1) is 21.3. The fourth-order valence-corrected chi connectivity index (χ4v) is 7.67. The topological polar surface area (TPSA) is 16.4 Å². The predicted molar refractivity (Wildman–Crippen MR) is 184 cm³/mol. The Morgan fingerprint density at radius 2 is 1.09 bits per heavy atom. The van der Waals surface area contributed by atoms with E-state index in [-0.39, 0.29) is 0 Å². The Hall–Kier alpha value is -5.38. The largest absolute Gasteiger partial charge is 0.455 e. The van der Waals surface area contributed by atoms with E-state index in [9.17, 15) is 0 Å². The number of nitrogens with zero attached hydrogens (tertiary/aromatic N) is 1. The molecule has 0 aliphatic carbocycles. The standard InChI is InChI=1S/C40H25NOS/c1-2-11-26(12-3-1)27-21-23-28(24-22-27)41(35-18-10-17-33-31-15-7-9-20-38(31)43-40(33)35)36-25-34-30-14-6-8-19-37(30)42-39(34)32-16-5-4-13-29(32)36/h1-25H. The van der Waals surface area contributed by atoms with Gasteiger partial charge in [-0.05, 0) is 47.5 Å². The average Bonchev–Trinajstić information content (AvgIpc) is 3.65. The van der Waals surface area contributed by atoms with Crippen LogP contribution in [0.1, 0.15) is 0 Å². The summed E-state index contributed by atoms with van der Waals surface area (Å²) in [5, 5.41) is 7.09. The first-order valence-corrected chi connectivity index (χ1v) is 15.3. The quantitative estimate of drug-likeness (QED) is 0.210. The molecule has 0 N–H and O–H groups in total. The molecule has 0 bridgehead atoms. The van der Waals surface area contributed by atoms with Crippen LogP contribution in [0.4, 0.5) is 17.1 Å². The second-order valence-corrected chi connectivity index (χ2v) is 12.0. The summed E-state index contributed by atoms with van der Waals surface area (Å²) in [5.74, 6) is 0. The molecule has 0 atom stereocenters. The van der Waals surface area contributed by atoms with Crippen molar-refractivity contribution in [2.75, 3.05) is 4.90 Å². The molecule has 202 valence electrons. The van der Waals surface area contributed by atoms with Gasteiger partial charge >= 0.3 is 0 Å². The van der Waals surface area contributed by atoms with Crippen molar-refractivity contribution in [1.82, 2.24) is 0 Å². The van der Waals surface area contributed by atoms with Gasteiger partial charge in [0, 0.05) is 42.7 Å². The summed E-state index contributed by atoms with van der Waals surface area (Å²) in [4.78, 5) is 2.44. The molecule has 43 heavy (non-hydrogen) atoms. The lowest BCUT2D eigenvalue weighted by Crippen LogP contribution is -2.10. The van der Waals surface area contributed by atoms with E-state index in [2.05, 4.69) is 150 Å². The third-order valence-corrected chi connectivity index (χ3v) is 9.67. The van der Waals surface area contributed by atoms with Gasteiger partial charge < -0.3 is 9.32 Å². The van der Waals surface area contributed by atoms with Crippen LogP contribution in [0.25, 0.3) is 64.0 Å². The van der Waals surface area contributed by atoms with E-state index in [1.807, 2.05) is 17.4 Å². The van der Waals surface area contributed by atoms with Crippen LogP contribution in [0.3, 0.4) is 0 Å². The van der Waals surface area contributed by atoms with Gasteiger partial charge in [0.15, 0.2) is 0 Å². The zero-order valence-corrected chi connectivity index (χ0v) is 24.0. The number of thiophene rings is 1. The molecule has 7 aromatic carbocycles. The Morgan fingerprint density at radius 1 is 0.442 bits per heavy atom. The van der Waals surface area contributed by atoms with Crippen LogP contribution in [0, 0.1) is 0 Å². The molecule has 0 fully saturated rings. The zero-order chi connectivity index (χ0) is 28.3. The highest BCUT2D eigenvalue weighted by atomic mass is 32.1. The van der Waals surface area contributed by atoms with Crippen molar-refractivity contribution in [3.8, 4) is 11.1 Å². The lowest BCUT2D eigenvalue weighted by Gasteiger charge is -2.28. The number of rotatable bonds is 4. The van der Waals surface area contributed by atoms with Gasteiger partial charge in [-0.2, -0.15) is 0 Å². The minimum Gasteiger partial charge on any atom is -0.455 e. The SMILES string of the molecule is c1ccc(-c2ccc(N(c3cc4c5ccccc5oc4c4ccccc34)c3cccc4c3sc3ccccc34)cc2)cc1. The van der Waals surface area contributed by atoms with E-state index in [4.69, 9.17) is 4.42 Å². The molecule has 0 aliphatic rings. The molecule has 0 saturated heterocycles. The summed E-state index contributed by atoms with van der Waals surface area (Å²) < 4.78 is 9.04. The zero-order valence-electron chi connectivity index (χ0n) is 23.2. The summed E-state index contributed by atoms with van der Waals surface area (Å²) in [6, 6.07) is 54.2. The Bertz CT molecular complexity index is 2450. The minimum absolute atomic E-state index is 0.908. The fraction of sp³-hybridized carbons (Fsp3) is 0. The molecule has 2 nitrogen and oxygen atoms in total. The monoisotopic (exact) mass is 567 g/mol. The van der Waals surface area contributed by atoms with Crippen molar-refractivity contribution in [3.63, 3.8) is 0 Å². The van der Waals surface area contributed by atoms with E-state index in [1.54, 1.807) is 0 Å². The fourth-order valence-electron chi connectivity index (χ4n) is 6.46. The van der Waals surface area contributed by atoms with Crippen molar-refractivity contribution in [2.45, 2.75) is 0 Å². The second-order valence-electron chi connectivity index (χ2n) is 10.9. The molecule has 2 aromatic heterocycles. The molecule has 0 spiro atoms. The third kappa shape index (κ3) is 3.79. The van der Waals surface area contributed by atoms with Gasteiger partial charge in [0.1, 0.15) is 11.2 Å². The van der Waals surface area contributed by atoms with Gasteiger partial charge in [-0.25, -0.2) is 0 Å². The normalized spacial score (nSPS) is 11.7. The van der Waals surface area contributed by atoms with Crippen molar-refractivity contribution < 1.29 is 4.42 Å². The molecule has 9 aromatic rings. The summed E-state index contributed by atoms with van der Waals surface area (Å²) in [5.41, 5.74) is 7.66. The first kappa shape index (κ1) is 24.2. The van der Waals surface area contributed by atoms with Gasteiger partial charge in [0.25, 0.3) is 0 Å². The first-order valence-electron chi connectivity index (χ1n) is 14.5. The lowest BCUT2D eigenvalue weighted by atomic mass is 10.0. The number of para-hydroxylation sites is 1. The number of benzene rings is 7. The van der Waals surface area contributed by atoms with Crippen molar-refractivity contribution in [2.24, 2.45) is 0 Å². The average molecular weight is 568 g/mol. The summed E-state index contributed by atoms with van der Waals surface area (Å²) >= 11 is 1.86. The van der Waals surface area contributed by atoms with Crippen molar-refractivity contribution in [3.05, 3.63) is 152 Å².